The molecule has 0 atom stereocenters. The average Bonchev–Trinajstić information content (AvgIpc) is 2.17. The predicted octanol–water partition coefficient (Wildman–Crippen LogP) is 1.65. The molecule has 1 N–H and O–H groups in total. The fourth-order valence-corrected chi connectivity index (χ4v) is 1.64. The van der Waals surface area contributed by atoms with Crippen molar-refractivity contribution in [2.45, 2.75) is 46.6 Å². The third-order valence-electron chi connectivity index (χ3n) is 2.50. The highest BCUT2D eigenvalue weighted by Gasteiger charge is 2.22. The zero-order valence-corrected chi connectivity index (χ0v) is 9.79. The third-order valence-corrected chi connectivity index (χ3v) is 2.50. The van der Waals surface area contributed by atoms with Gasteiger partial charge in [0.05, 0.1) is 6.61 Å². The summed E-state index contributed by atoms with van der Waals surface area (Å²) in [6.45, 7) is 8.46. The molecule has 0 aromatic heterocycles. The second kappa shape index (κ2) is 6.82. The van der Waals surface area contributed by atoms with Crippen LogP contribution in [0.25, 0.3) is 0 Å². The number of carbonyl (C=O) groups is 1. The topological polar surface area (TPSA) is 40.5 Å². The standard InChI is InChI=1S/C11H23NO2/c1-5-10(6-2)12(7-8-13)11(14)9(3)4/h9-10,13H,5-8H2,1-4H3. The molecular weight excluding hydrogens is 178 g/mol. The molecule has 3 heteroatoms. The zero-order valence-electron chi connectivity index (χ0n) is 9.79. The quantitative estimate of drug-likeness (QED) is 0.710. The van der Waals surface area contributed by atoms with Gasteiger partial charge < -0.3 is 10.0 Å². The molecule has 0 aliphatic heterocycles. The summed E-state index contributed by atoms with van der Waals surface area (Å²) in [7, 11) is 0. The van der Waals surface area contributed by atoms with Crippen LogP contribution in [0.5, 0.6) is 0 Å². The summed E-state index contributed by atoms with van der Waals surface area (Å²) in [5.74, 6) is 0.162. The minimum absolute atomic E-state index is 0.0159. The molecule has 84 valence electrons. The summed E-state index contributed by atoms with van der Waals surface area (Å²) in [5, 5.41) is 8.91. The minimum atomic E-state index is 0.0159. The summed E-state index contributed by atoms with van der Waals surface area (Å²) in [5.41, 5.74) is 0. The van der Waals surface area contributed by atoms with Crippen molar-refractivity contribution >= 4 is 5.91 Å². The van der Waals surface area contributed by atoms with Crippen molar-refractivity contribution in [3.63, 3.8) is 0 Å². The molecule has 0 spiro atoms. The first kappa shape index (κ1) is 13.4. The van der Waals surface area contributed by atoms with E-state index in [1.165, 1.54) is 0 Å². The van der Waals surface area contributed by atoms with Crippen molar-refractivity contribution < 1.29 is 9.90 Å². The number of aliphatic hydroxyl groups is 1. The van der Waals surface area contributed by atoms with Gasteiger partial charge >= 0.3 is 0 Å². The van der Waals surface area contributed by atoms with Crippen molar-refractivity contribution in [2.24, 2.45) is 5.92 Å². The first-order chi connectivity index (χ1) is 6.58. The predicted molar refractivity (Wildman–Crippen MR) is 58.0 cm³/mol. The molecule has 1 amide bonds. The number of hydrogen-bond acceptors (Lipinski definition) is 2. The van der Waals surface area contributed by atoms with Gasteiger partial charge in [-0.05, 0) is 12.8 Å². The Morgan fingerprint density at radius 2 is 1.79 bits per heavy atom. The average molecular weight is 201 g/mol. The van der Waals surface area contributed by atoms with Crippen LogP contribution in [0.2, 0.25) is 0 Å². The summed E-state index contributed by atoms with van der Waals surface area (Å²) < 4.78 is 0. The highest BCUT2D eigenvalue weighted by Crippen LogP contribution is 2.12. The number of nitrogens with zero attached hydrogens (tertiary/aromatic N) is 1. The van der Waals surface area contributed by atoms with Gasteiger partial charge in [0.1, 0.15) is 0 Å². The van der Waals surface area contributed by atoms with Crippen molar-refractivity contribution in [1.29, 1.82) is 0 Å². The largest absolute Gasteiger partial charge is 0.395 e. The maximum Gasteiger partial charge on any atom is 0.225 e. The molecule has 14 heavy (non-hydrogen) atoms. The molecule has 0 aliphatic rings. The van der Waals surface area contributed by atoms with E-state index in [4.69, 9.17) is 5.11 Å². The Bertz CT molecular complexity index is 165. The lowest BCUT2D eigenvalue weighted by Gasteiger charge is -2.31. The molecule has 0 saturated carbocycles. The molecule has 0 unspecified atom stereocenters. The van der Waals surface area contributed by atoms with E-state index in [0.29, 0.717) is 6.54 Å². The number of hydrogen-bond donors (Lipinski definition) is 1. The smallest absolute Gasteiger partial charge is 0.225 e. The van der Waals surface area contributed by atoms with E-state index in [2.05, 4.69) is 13.8 Å². The lowest BCUT2D eigenvalue weighted by molar-refractivity contribution is -0.137. The molecular formula is C11H23NO2. The van der Waals surface area contributed by atoms with Crippen molar-refractivity contribution in [3.05, 3.63) is 0 Å². The van der Waals surface area contributed by atoms with Crippen LogP contribution < -0.4 is 0 Å². The highest BCUT2D eigenvalue weighted by molar-refractivity contribution is 5.78. The Morgan fingerprint density at radius 3 is 2.07 bits per heavy atom. The molecule has 0 radical (unpaired) electrons. The Labute approximate surface area is 87.1 Å². The van der Waals surface area contributed by atoms with E-state index < -0.39 is 0 Å². The third kappa shape index (κ3) is 3.66. The molecule has 0 aliphatic carbocycles. The van der Waals surface area contributed by atoms with Gasteiger partial charge in [-0.1, -0.05) is 27.7 Å². The molecule has 0 heterocycles. The number of amides is 1. The van der Waals surface area contributed by atoms with Crippen molar-refractivity contribution in [1.82, 2.24) is 4.90 Å². The van der Waals surface area contributed by atoms with Crippen molar-refractivity contribution in [3.8, 4) is 0 Å². The van der Waals surface area contributed by atoms with Crippen LogP contribution in [0.4, 0.5) is 0 Å². The van der Waals surface area contributed by atoms with Gasteiger partial charge in [-0.25, -0.2) is 0 Å². The molecule has 3 nitrogen and oxygen atoms in total. The van der Waals surface area contributed by atoms with E-state index in [1.807, 2.05) is 18.7 Å². The lowest BCUT2D eigenvalue weighted by atomic mass is 10.1. The van der Waals surface area contributed by atoms with Gasteiger partial charge in [0.2, 0.25) is 5.91 Å². The van der Waals surface area contributed by atoms with Crippen LogP contribution in [0.1, 0.15) is 40.5 Å². The maximum absolute atomic E-state index is 11.8. The monoisotopic (exact) mass is 201 g/mol. The van der Waals surface area contributed by atoms with Gasteiger partial charge in [0.15, 0.2) is 0 Å². The highest BCUT2D eigenvalue weighted by atomic mass is 16.3. The summed E-state index contributed by atoms with van der Waals surface area (Å²) in [4.78, 5) is 13.6. The van der Waals surface area contributed by atoms with Gasteiger partial charge in [-0.15, -0.1) is 0 Å². The summed E-state index contributed by atoms with van der Waals surface area (Å²) >= 11 is 0. The van der Waals surface area contributed by atoms with Gasteiger partial charge in [0, 0.05) is 18.5 Å². The number of rotatable bonds is 6. The number of carbonyl (C=O) groups excluding carboxylic acids is 1. The zero-order chi connectivity index (χ0) is 11.1. The fraction of sp³-hybridized carbons (Fsp3) is 0.909. The lowest BCUT2D eigenvalue weighted by Crippen LogP contribution is -2.43. The van der Waals surface area contributed by atoms with Gasteiger partial charge in [-0.3, -0.25) is 4.79 Å². The fourth-order valence-electron chi connectivity index (χ4n) is 1.64. The van der Waals surface area contributed by atoms with E-state index in [0.717, 1.165) is 12.8 Å². The van der Waals surface area contributed by atoms with Crippen LogP contribution in [-0.2, 0) is 4.79 Å². The second-order valence-electron chi connectivity index (χ2n) is 3.88. The summed E-state index contributed by atoms with van der Waals surface area (Å²) in [6.07, 6.45) is 1.91. The Balaban J connectivity index is 4.47. The summed E-state index contributed by atoms with van der Waals surface area (Å²) in [6, 6.07) is 0.275. The SMILES string of the molecule is CCC(CC)N(CCO)C(=O)C(C)C. The first-order valence-electron chi connectivity index (χ1n) is 5.49. The Kier molecular flexibility index (Phi) is 6.54. The van der Waals surface area contributed by atoms with E-state index in [-0.39, 0.29) is 24.5 Å². The Morgan fingerprint density at radius 1 is 1.29 bits per heavy atom. The van der Waals surface area contributed by atoms with Gasteiger partial charge in [-0.2, -0.15) is 0 Å². The first-order valence-corrected chi connectivity index (χ1v) is 5.49. The van der Waals surface area contributed by atoms with Crippen LogP contribution in [0.15, 0.2) is 0 Å². The van der Waals surface area contributed by atoms with E-state index in [9.17, 15) is 4.79 Å². The van der Waals surface area contributed by atoms with Crippen LogP contribution in [0, 0.1) is 5.92 Å². The molecule has 0 bridgehead atoms. The molecule has 0 aromatic rings. The van der Waals surface area contributed by atoms with Crippen molar-refractivity contribution in [2.75, 3.05) is 13.2 Å². The van der Waals surface area contributed by atoms with Crippen LogP contribution in [-0.4, -0.2) is 35.1 Å². The minimum Gasteiger partial charge on any atom is -0.395 e. The molecule has 0 aromatic carbocycles. The molecule has 0 saturated heterocycles. The normalized spacial score (nSPS) is 11.1. The molecule has 0 fully saturated rings. The van der Waals surface area contributed by atoms with E-state index in [1.54, 1.807) is 0 Å². The maximum atomic E-state index is 11.8. The van der Waals surface area contributed by atoms with Crippen LogP contribution in [0.3, 0.4) is 0 Å². The molecule has 0 rings (SSSR count). The number of aliphatic hydroxyl groups excluding tert-OH is 1. The second-order valence-corrected chi connectivity index (χ2v) is 3.88. The van der Waals surface area contributed by atoms with Crippen LogP contribution >= 0.6 is 0 Å². The Hall–Kier alpha value is -0.570. The van der Waals surface area contributed by atoms with Gasteiger partial charge in [0.25, 0.3) is 0 Å². The van der Waals surface area contributed by atoms with E-state index >= 15 is 0 Å².